The van der Waals surface area contributed by atoms with Crippen LogP contribution in [-0.2, 0) is 30.5 Å². The smallest absolute Gasteiger partial charge is 0.317 e. The van der Waals surface area contributed by atoms with Gasteiger partial charge in [-0.25, -0.2) is 0 Å². The van der Waals surface area contributed by atoms with E-state index in [4.69, 9.17) is 4.74 Å². The molecule has 2 rings (SSSR count). The molecule has 1 aromatic rings. The molecule has 0 bridgehead atoms. The lowest BCUT2D eigenvalue weighted by Gasteiger charge is -2.33. The van der Waals surface area contributed by atoms with E-state index in [1.807, 2.05) is 25.7 Å². The van der Waals surface area contributed by atoms with Crippen molar-refractivity contribution >= 4 is 23.8 Å². The SMILES string of the molecule is CCC(C)(CNC(=O)CN1CCN(CC(=O)O)CCN(CC(=O)O)CC1)COCC(C)(CC)CNC(=O)Cn1cc(C)cc1O. The molecular formula is C31H54N6O8. The summed E-state index contributed by atoms with van der Waals surface area (Å²) in [6.45, 7) is 14.4. The molecule has 5 N–H and O–H groups in total. The van der Waals surface area contributed by atoms with Gasteiger partial charge in [0.05, 0.1) is 32.8 Å². The van der Waals surface area contributed by atoms with Crippen molar-refractivity contribution in [2.75, 3.05) is 85.2 Å². The van der Waals surface area contributed by atoms with Crippen molar-refractivity contribution in [3.05, 3.63) is 17.8 Å². The van der Waals surface area contributed by atoms with Gasteiger partial charge in [-0.2, -0.15) is 0 Å². The summed E-state index contributed by atoms with van der Waals surface area (Å²) in [5.74, 6) is -2.19. The van der Waals surface area contributed by atoms with E-state index >= 15 is 0 Å². The van der Waals surface area contributed by atoms with Crippen LogP contribution in [-0.4, -0.2) is 144 Å². The minimum atomic E-state index is -0.947. The molecular weight excluding hydrogens is 584 g/mol. The average molecular weight is 639 g/mol. The van der Waals surface area contributed by atoms with Gasteiger partial charge >= 0.3 is 11.9 Å². The zero-order valence-corrected chi connectivity index (χ0v) is 27.6. The predicted molar refractivity (Wildman–Crippen MR) is 169 cm³/mol. The lowest BCUT2D eigenvalue weighted by molar-refractivity contribution is -0.140. The minimum absolute atomic E-state index is 0.0343. The lowest BCUT2D eigenvalue weighted by atomic mass is 9.87. The number of hydrogen-bond acceptors (Lipinski definition) is 9. The van der Waals surface area contributed by atoms with Crippen LogP contribution in [0.5, 0.6) is 5.88 Å². The van der Waals surface area contributed by atoms with E-state index in [1.54, 1.807) is 22.1 Å². The van der Waals surface area contributed by atoms with E-state index in [2.05, 4.69) is 24.5 Å². The van der Waals surface area contributed by atoms with E-state index in [1.165, 1.54) is 4.57 Å². The zero-order valence-electron chi connectivity index (χ0n) is 27.6. The number of carbonyl (C=O) groups is 4. The molecule has 1 aliphatic rings. The quantitative estimate of drug-likeness (QED) is 0.153. The third-order valence-electron chi connectivity index (χ3n) is 8.64. The number of aliphatic carboxylic acids is 2. The number of aryl methyl sites for hydroxylation is 1. The van der Waals surface area contributed by atoms with E-state index in [9.17, 15) is 34.5 Å². The van der Waals surface area contributed by atoms with E-state index in [0.717, 1.165) is 18.4 Å². The Hall–Kier alpha value is -3.20. The number of carboxylic acid groups (broad SMARTS) is 2. The van der Waals surface area contributed by atoms with Crippen molar-refractivity contribution in [1.29, 1.82) is 0 Å². The van der Waals surface area contributed by atoms with E-state index < -0.39 is 11.9 Å². The summed E-state index contributed by atoms with van der Waals surface area (Å²) in [7, 11) is 0. The lowest BCUT2D eigenvalue weighted by Crippen LogP contribution is -2.46. The number of aromatic hydroxyl groups is 1. The number of amides is 2. The molecule has 1 fully saturated rings. The van der Waals surface area contributed by atoms with Crippen LogP contribution in [0.2, 0.25) is 0 Å². The van der Waals surface area contributed by atoms with Crippen LogP contribution in [0.1, 0.15) is 46.1 Å². The van der Waals surface area contributed by atoms with Crippen LogP contribution < -0.4 is 10.6 Å². The van der Waals surface area contributed by atoms with Gasteiger partial charge in [0.25, 0.3) is 0 Å². The van der Waals surface area contributed by atoms with Gasteiger partial charge in [-0.1, -0.05) is 27.7 Å². The molecule has 0 saturated carbocycles. The third-order valence-corrected chi connectivity index (χ3v) is 8.64. The van der Waals surface area contributed by atoms with Crippen molar-refractivity contribution in [3.8, 4) is 5.88 Å². The Morgan fingerprint density at radius 2 is 1.16 bits per heavy atom. The summed E-state index contributed by atoms with van der Waals surface area (Å²) in [5.41, 5.74) is 0.264. The van der Waals surface area contributed by atoms with E-state index in [0.29, 0.717) is 65.6 Å². The molecule has 14 nitrogen and oxygen atoms in total. The number of ether oxygens (including phenoxy) is 1. The molecule has 256 valence electrons. The van der Waals surface area contributed by atoms with Gasteiger partial charge in [0, 0.05) is 75.5 Å². The van der Waals surface area contributed by atoms with Crippen molar-refractivity contribution < 1.29 is 39.2 Å². The van der Waals surface area contributed by atoms with Crippen LogP contribution >= 0.6 is 0 Å². The van der Waals surface area contributed by atoms with Crippen molar-refractivity contribution in [2.24, 2.45) is 10.8 Å². The second-order valence-electron chi connectivity index (χ2n) is 13.0. The molecule has 0 radical (unpaired) electrons. The van der Waals surface area contributed by atoms with Gasteiger partial charge in [-0.3, -0.25) is 33.9 Å². The van der Waals surface area contributed by atoms with Crippen LogP contribution in [0, 0.1) is 17.8 Å². The van der Waals surface area contributed by atoms with Gasteiger partial charge in [0.2, 0.25) is 11.8 Å². The Morgan fingerprint density at radius 1 is 0.756 bits per heavy atom. The van der Waals surface area contributed by atoms with Crippen LogP contribution in [0.3, 0.4) is 0 Å². The first-order valence-electron chi connectivity index (χ1n) is 15.7. The van der Waals surface area contributed by atoms with Gasteiger partial charge < -0.3 is 35.3 Å². The summed E-state index contributed by atoms with van der Waals surface area (Å²) in [5, 5.41) is 34.4. The van der Waals surface area contributed by atoms with Crippen molar-refractivity contribution in [2.45, 2.75) is 54.0 Å². The number of nitrogens with one attached hydrogen (secondary N) is 2. The highest BCUT2D eigenvalue weighted by molar-refractivity contribution is 5.78. The van der Waals surface area contributed by atoms with Gasteiger partial charge in [0.15, 0.2) is 5.88 Å². The first-order chi connectivity index (χ1) is 21.2. The molecule has 14 heteroatoms. The second kappa shape index (κ2) is 18.1. The van der Waals surface area contributed by atoms with Crippen molar-refractivity contribution in [1.82, 2.24) is 29.9 Å². The molecule has 2 heterocycles. The molecule has 0 aromatic carbocycles. The molecule has 1 aromatic heterocycles. The Bertz CT molecular complexity index is 1100. The summed E-state index contributed by atoms with van der Waals surface area (Å²) >= 11 is 0. The second-order valence-corrected chi connectivity index (χ2v) is 13.0. The standard InChI is InChI=1S/C31H54N6O8/c1-6-30(4,22-45-23-31(5,7-2)21-33-26(39)17-37-15-24(3)14-27(37)40)20-32-25(38)16-34-8-10-35(18-28(41)42)12-13-36(11-9-34)19-29(43)44/h14-15,40H,6-13,16-23H2,1-5H3,(H,32,38)(H,33,39)(H,41,42)(H,43,44). The predicted octanol–water partition coefficient (Wildman–Crippen LogP) is 0.673. The maximum atomic E-state index is 13.0. The van der Waals surface area contributed by atoms with Crippen molar-refractivity contribution in [3.63, 3.8) is 0 Å². The van der Waals surface area contributed by atoms with Crippen LogP contribution in [0.15, 0.2) is 12.3 Å². The molecule has 2 unspecified atom stereocenters. The van der Waals surface area contributed by atoms with Crippen LogP contribution in [0.25, 0.3) is 0 Å². The largest absolute Gasteiger partial charge is 0.494 e. The number of nitrogens with zero attached hydrogens (tertiary/aromatic N) is 4. The van der Waals surface area contributed by atoms with Gasteiger partial charge in [-0.15, -0.1) is 0 Å². The minimum Gasteiger partial charge on any atom is -0.494 e. The average Bonchev–Trinajstić information content (AvgIpc) is 3.32. The maximum Gasteiger partial charge on any atom is 0.317 e. The number of hydrogen-bond donors (Lipinski definition) is 5. The molecule has 45 heavy (non-hydrogen) atoms. The number of rotatable bonds is 18. The first kappa shape index (κ1) is 38.0. The molecule has 0 aliphatic carbocycles. The first-order valence-corrected chi connectivity index (χ1v) is 15.7. The molecule has 2 amide bonds. The molecule has 1 aliphatic heterocycles. The monoisotopic (exact) mass is 638 g/mol. The summed E-state index contributed by atoms with van der Waals surface area (Å²) in [4.78, 5) is 53.5. The third kappa shape index (κ3) is 14.2. The number of carbonyl (C=O) groups excluding carboxylic acids is 2. The Labute approximate surface area is 266 Å². The van der Waals surface area contributed by atoms with Gasteiger partial charge in [0.1, 0.15) is 6.54 Å². The highest BCUT2D eigenvalue weighted by Crippen LogP contribution is 2.25. The normalized spacial score (nSPS) is 18.2. The Morgan fingerprint density at radius 3 is 1.51 bits per heavy atom. The fourth-order valence-electron chi connectivity index (χ4n) is 5.00. The zero-order chi connectivity index (χ0) is 33.6. The Kier molecular flexibility index (Phi) is 15.3. The highest BCUT2D eigenvalue weighted by atomic mass is 16.5. The summed E-state index contributed by atoms with van der Waals surface area (Å²) < 4.78 is 7.67. The molecule has 0 spiro atoms. The summed E-state index contributed by atoms with van der Waals surface area (Å²) in [6.07, 6.45) is 3.28. The number of aromatic nitrogens is 1. The van der Waals surface area contributed by atoms with E-state index in [-0.39, 0.29) is 54.7 Å². The molecule has 1 saturated heterocycles. The highest BCUT2D eigenvalue weighted by Gasteiger charge is 2.28. The fraction of sp³-hybridized carbons (Fsp3) is 0.742. The van der Waals surface area contributed by atoms with Crippen LogP contribution in [0.4, 0.5) is 0 Å². The fourth-order valence-corrected chi connectivity index (χ4v) is 5.00. The maximum absolute atomic E-state index is 13.0. The molecule has 2 atom stereocenters. The number of carboxylic acids is 2. The summed E-state index contributed by atoms with van der Waals surface area (Å²) in [6, 6.07) is 1.61. The topological polar surface area (TPSA) is 177 Å². The Balaban J connectivity index is 1.85. The van der Waals surface area contributed by atoms with Gasteiger partial charge in [-0.05, 0) is 25.3 Å².